The molecule has 0 aromatic heterocycles. The first kappa shape index (κ1) is 69.8. The van der Waals surface area contributed by atoms with Crippen molar-refractivity contribution >= 4 is 40.4 Å². The van der Waals surface area contributed by atoms with Crippen molar-refractivity contribution in [2.24, 2.45) is 17.8 Å². The number of carboxylic acids is 3. The van der Waals surface area contributed by atoms with Gasteiger partial charge in [-0.05, 0) is 56.3 Å². The van der Waals surface area contributed by atoms with Crippen LogP contribution in [0.4, 0.5) is 0 Å². The van der Waals surface area contributed by atoms with Crippen LogP contribution in [0.25, 0.3) is 0 Å². The molecule has 0 radical (unpaired) electrons. The molecular weight excluding hydrogens is 899 g/mol. The van der Waals surface area contributed by atoms with Crippen LogP contribution in [0.1, 0.15) is 325 Å². The summed E-state index contributed by atoms with van der Waals surface area (Å²) in [6, 6.07) is 0. The molecule has 0 aromatic carbocycles. The molecule has 0 heterocycles. The molecule has 0 spiro atoms. The van der Waals surface area contributed by atoms with Gasteiger partial charge in [-0.25, -0.2) is 0 Å². The summed E-state index contributed by atoms with van der Waals surface area (Å²) >= 11 is 1.64. The third-order valence-corrected chi connectivity index (χ3v) is 11.7. The number of hydrogen-bond donors (Lipinski definition) is 0. The van der Waals surface area contributed by atoms with Crippen LogP contribution in [0.15, 0.2) is 0 Å². The van der Waals surface area contributed by atoms with Crippen LogP contribution in [0.5, 0.6) is 0 Å². The second kappa shape index (κ2) is 60.2. The van der Waals surface area contributed by atoms with Crippen LogP contribution in [0.3, 0.4) is 0 Å². The van der Waals surface area contributed by atoms with Crippen LogP contribution < -0.4 is 15.3 Å². The van der Waals surface area contributed by atoms with Gasteiger partial charge in [0.2, 0.25) is 0 Å². The van der Waals surface area contributed by atoms with E-state index in [9.17, 15) is 29.7 Å². The van der Waals surface area contributed by atoms with Gasteiger partial charge in [-0.2, -0.15) is 0 Å². The molecule has 0 atom stereocenters. The Morgan fingerprint density at radius 2 is 0.375 bits per heavy atom. The van der Waals surface area contributed by atoms with Gasteiger partial charge in [0.05, 0.1) is 0 Å². The van der Waals surface area contributed by atoms with Gasteiger partial charge in [0, 0.05) is 17.9 Å². The number of carbonyl (C=O) groups is 3. The molecule has 0 rings (SSSR count). The molecule has 0 saturated heterocycles. The fraction of sp³-hybridized carbons (Fsp3) is 0.947. The Hall–Kier alpha value is -0.791. The summed E-state index contributed by atoms with van der Waals surface area (Å²) in [5.74, 6) is -0.125. The molecule has 0 unspecified atom stereocenters. The average Bonchev–Trinajstić information content (AvgIpc) is 3.21. The first-order valence-electron chi connectivity index (χ1n) is 27.9. The van der Waals surface area contributed by atoms with Gasteiger partial charge >= 0.3 is 40.3 Å². The standard InChI is InChI=1S/3C18H36O2.C3H7.Sn/c3*1-17(2)15-13-11-9-7-5-3-4-6-8-10-12-14-16-18(19)20;1-3-2;/h3*17H,3-16H2,1-2H3,(H,19,20);3H,1-2H3;/q;;;;+3/p-3. The van der Waals surface area contributed by atoms with Crippen LogP contribution in [-0.4, -0.2) is 40.4 Å². The molecule has 0 saturated carbocycles. The van der Waals surface area contributed by atoms with Gasteiger partial charge in [-0.15, -0.1) is 0 Å². The number of hydrogen-bond acceptors (Lipinski definition) is 6. The second-order valence-corrected chi connectivity index (χ2v) is 24.1. The third kappa shape index (κ3) is 88.0. The minimum absolute atomic E-state index is 0.233. The van der Waals surface area contributed by atoms with Crippen LogP contribution in [-0.2, 0) is 14.4 Å². The summed E-state index contributed by atoms with van der Waals surface area (Å²) in [6.07, 6.45) is 51.0. The van der Waals surface area contributed by atoms with Crippen molar-refractivity contribution in [2.75, 3.05) is 0 Å². The molecule has 0 aliphatic heterocycles. The Bertz CT molecular complexity index is 792. The average molecular weight is 1010 g/mol. The molecule has 0 aliphatic carbocycles. The second-order valence-electron chi connectivity index (χ2n) is 20.8. The van der Waals surface area contributed by atoms with Crippen LogP contribution in [0, 0.1) is 17.8 Å². The topological polar surface area (TPSA) is 120 Å². The first-order chi connectivity index (χ1) is 30.6. The number of unbranched alkanes of at least 4 members (excludes halogenated alkanes) is 33. The van der Waals surface area contributed by atoms with Gasteiger partial charge in [0.25, 0.3) is 0 Å². The van der Waals surface area contributed by atoms with Gasteiger partial charge in [0.15, 0.2) is 0 Å². The summed E-state index contributed by atoms with van der Waals surface area (Å²) in [6.45, 7) is 18.2. The van der Waals surface area contributed by atoms with Crippen molar-refractivity contribution in [3.8, 4) is 0 Å². The Labute approximate surface area is 414 Å². The molecule has 0 aromatic rings. The van der Waals surface area contributed by atoms with E-state index >= 15 is 0 Å². The normalized spacial score (nSPS) is 11.0. The molecule has 0 N–H and O–H groups in total. The van der Waals surface area contributed by atoms with Crippen molar-refractivity contribution in [2.45, 2.75) is 329 Å². The zero-order chi connectivity index (χ0) is 48.7. The van der Waals surface area contributed by atoms with E-state index < -0.39 is 17.9 Å². The van der Waals surface area contributed by atoms with Crippen molar-refractivity contribution < 1.29 is 29.7 Å². The minimum atomic E-state index is -0.904. The van der Waals surface area contributed by atoms with E-state index in [0.717, 1.165) is 60.2 Å². The summed E-state index contributed by atoms with van der Waals surface area (Å²) in [4.78, 5) is 30.7. The predicted octanol–water partition coefficient (Wildman–Crippen LogP) is 15.5. The van der Waals surface area contributed by atoms with Gasteiger partial charge < -0.3 is 29.7 Å². The molecule has 6 nitrogen and oxygen atoms in total. The van der Waals surface area contributed by atoms with Crippen molar-refractivity contribution in [1.29, 1.82) is 0 Å². The summed E-state index contributed by atoms with van der Waals surface area (Å²) < 4.78 is 0.923. The third-order valence-electron chi connectivity index (χ3n) is 11.7. The van der Waals surface area contributed by atoms with Gasteiger partial charge in [-0.1, -0.05) is 273 Å². The molecule has 0 bridgehead atoms. The predicted molar refractivity (Wildman–Crippen MR) is 274 cm³/mol. The molecule has 0 fully saturated rings. The van der Waals surface area contributed by atoms with E-state index in [1.54, 1.807) is 22.5 Å². The maximum absolute atomic E-state index is 10.2. The molecule has 7 heteroatoms. The number of carboxylic acid groups (broad SMARTS) is 3. The monoisotopic (exact) mass is 1010 g/mol. The van der Waals surface area contributed by atoms with E-state index in [2.05, 4.69) is 55.4 Å². The van der Waals surface area contributed by atoms with Crippen molar-refractivity contribution in [3.05, 3.63) is 0 Å². The first-order valence-corrected chi connectivity index (χ1v) is 29.6. The molecule has 0 aliphatic rings. The molecule has 380 valence electrons. The van der Waals surface area contributed by atoms with E-state index in [4.69, 9.17) is 0 Å². The molecule has 0 amide bonds. The summed E-state index contributed by atoms with van der Waals surface area (Å²) in [7, 11) is 0. The van der Waals surface area contributed by atoms with E-state index in [-0.39, 0.29) is 19.3 Å². The Morgan fingerprint density at radius 1 is 0.266 bits per heavy atom. The van der Waals surface area contributed by atoms with Crippen LogP contribution >= 0.6 is 0 Å². The number of rotatable bonds is 45. The fourth-order valence-electron chi connectivity index (χ4n) is 7.77. The van der Waals surface area contributed by atoms with E-state index in [1.165, 1.54) is 212 Å². The van der Waals surface area contributed by atoms with Crippen LogP contribution in [0.2, 0.25) is 3.93 Å². The van der Waals surface area contributed by atoms with E-state index in [0.29, 0.717) is 0 Å². The fourth-order valence-corrected chi connectivity index (χ4v) is 7.77. The molecular formula is C57H112O6Sn. The zero-order valence-electron chi connectivity index (χ0n) is 44.5. The van der Waals surface area contributed by atoms with Crippen molar-refractivity contribution in [1.82, 2.24) is 0 Å². The molecule has 64 heavy (non-hydrogen) atoms. The zero-order valence-corrected chi connectivity index (χ0v) is 47.3. The Balaban J connectivity index is -0.000000404. The SMILES string of the molecule is CC(C)CCCCCCCCCCCCCCC(=O)[O-].CC(C)CCCCCCCCCCCCCCC(=O)[O-].CC(C)CCCCCCCCCCCCCCC(=O)[O-].C[CH](C)[Sn+3]. The van der Waals surface area contributed by atoms with Crippen molar-refractivity contribution in [3.63, 3.8) is 0 Å². The van der Waals surface area contributed by atoms with Gasteiger partial charge in [-0.3, -0.25) is 0 Å². The maximum atomic E-state index is 10.2. The Kier molecular flexibility index (Phi) is 65.7. The van der Waals surface area contributed by atoms with E-state index in [1.807, 2.05) is 0 Å². The number of aliphatic carboxylic acids is 3. The quantitative estimate of drug-likeness (QED) is 0.0442. The Morgan fingerprint density at radius 3 is 0.484 bits per heavy atom. The summed E-state index contributed by atoms with van der Waals surface area (Å²) in [5.41, 5.74) is 0. The summed E-state index contributed by atoms with van der Waals surface area (Å²) in [5, 5.41) is 30.7. The number of carbonyl (C=O) groups excluding carboxylic acids is 3. The van der Waals surface area contributed by atoms with Gasteiger partial charge in [0.1, 0.15) is 0 Å².